The number of hydrogen-bond acceptors (Lipinski definition) is 5. The SMILES string of the molecule is O=S(=O)(c1ccc(Br)s1)N1CCCC1c1ccc2c(c1)OCCO2. The largest absolute Gasteiger partial charge is 0.486 e. The van der Waals surface area contributed by atoms with E-state index in [1.165, 1.54) is 11.3 Å². The van der Waals surface area contributed by atoms with Crippen LogP contribution in [0.15, 0.2) is 38.3 Å². The van der Waals surface area contributed by atoms with Crippen molar-refractivity contribution >= 4 is 37.3 Å². The summed E-state index contributed by atoms with van der Waals surface area (Å²) in [5.74, 6) is 1.42. The van der Waals surface area contributed by atoms with Crippen LogP contribution < -0.4 is 9.47 Å². The summed E-state index contributed by atoms with van der Waals surface area (Å²) in [7, 11) is -3.49. The first-order chi connectivity index (χ1) is 11.6. The van der Waals surface area contributed by atoms with Gasteiger partial charge in [-0.05, 0) is 58.6 Å². The number of fused-ring (bicyclic) bond motifs is 1. The third-order valence-electron chi connectivity index (χ3n) is 4.27. The van der Waals surface area contributed by atoms with Crippen LogP contribution in [0.25, 0.3) is 0 Å². The van der Waals surface area contributed by atoms with E-state index in [4.69, 9.17) is 9.47 Å². The molecule has 24 heavy (non-hydrogen) atoms. The molecule has 0 N–H and O–H groups in total. The number of thiophene rings is 1. The van der Waals surface area contributed by atoms with Gasteiger partial charge in [0.05, 0.1) is 9.83 Å². The van der Waals surface area contributed by atoms with Crippen LogP contribution in [0.4, 0.5) is 0 Å². The molecule has 0 spiro atoms. The Morgan fingerprint density at radius 2 is 1.92 bits per heavy atom. The number of rotatable bonds is 3. The van der Waals surface area contributed by atoms with Crippen LogP contribution in [-0.2, 0) is 10.0 Å². The van der Waals surface area contributed by atoms with Crippen LogP contribution in [0.5, 0.6) is 11.5 Å². The number of nitrogens with zero attached hydrogens (tertiary/aromatic N) is 1. The van der Waals surface area contributed by atoms with Crippen LogP contribution in [0, 0.1) is 0 Å². The Bertz CT molecular complexity index is 865. The predicted molar refractivity (Wildman–Crippen MR) is 95.3 cm³/mol. The van der Waals surface area contributed by atoms with E-state index in [9.17, 15) is 8.42 Å². The van der Waals surface area contributed by atoms with Crippen molar-refractivity contribution in [3.8, 4) is 11.5 Å². The minimum absolute atomic E-state index is 0.160. The maximum absolute atomic E-state index is 13.0. The highest BCUT2D eigenvalue weighted by Crippen LogP contribution is 2.41. The summed E-state index contributed by atoms with van der Waals surface area (Å²) in [6, 6.07) is 8.99. The van der Waals surface area contributed by atoms with Crippen LogP contribution in [-0.4, -0.2) is 32.5 Å². The summed E-state index contributed by atoms with van der Waals surface area (Å²) in [6.45, 7) is 1.60. The van der Waals surface area contributed by atoms with Gasteiger partial charge < -0.3 is 9.47 Å². The average Bonchev–Trinajstić information content (AvgIpc) is 3.24. The number of hydrogen-bond donors (Lipinski definition) is 0. The Kier molecular flexibility index (Phi) is 4.32. The van der Waals surface area contributed by atoms with Crippen LogP contribution in [0.1, 0.15) is 24.4 Å². The van der Waals surface area contributed by atoms with Gasteiger partial charge in [-0.1, -0.05) is 6.07 Å². The first-order valence-corrected chi connectivity index (χ1v) is 10.8. The summed E-state index contributed by atoms with van der Waals surface area (Å²) >= 11 is 4.58. The van der Waals surface area contributed by atoms with Gasteiger partial charge in [0.25, 0.3) is 10.0 Å². The second-order valence-electron chi connectivity index (χ2n) is 5.74. The Morgan fingerprint density at radius 1 is 1.12 bits per heavy atom. The van der Waals surface area contributed by atoms with Crippen molar-refractivity contribution < 1.29 is 17.9 Å². The van der Waals surface area contributed by atoms with Crippen LogP contribution >= 0.6 is 27.3 Å². The Hall–Kier alpha value is -1.09. The molecular weight excluding hydrogens is 414 g/mol. The lowest BCUT2D eigenvalue weighted by molar-refractivity contribution is 0.171. The molecule has 1 aromatic carbocycles. The molecule has 0 aliphatic carbocycles. The maximum Gasteiger partial charge on any atom is 0.253 e. The molecular formula is C16H16BrNO4S2. The fourth-order valence-electron chi connectivity index (χ4n) is 3.18. The molecule has 0 amide bonds. The van der Waals surface area contributed by atoms with Crippen LogP contribution in [0.2, 0.25) is 0 Å². The highest BCUT2D eigenvalue weighted by Gasteiger charge is 2.37. The highest BCUT2D eigenvalue weighted by molar-refractivity contribution is 9.11. The van der Waals surface area contributed by atoms with E-state index in [1.54, 1.807) is 16.4 Å². The molecule has 2 aliphatic rings. The maximum atomic E-state index is 13.0. The molecule has 1 aromatic heterocycles. The van der Waals surface area contributed by atoms with Gasteiger partial charge in [0.1, 0.15) is 17.4 Å². The molecule has 5 nitrogen and oxygen atoms in total. The van der Waals surface area contributed by atoms with Crippen molar-refractivity contribution in [1.82, 2.24) is 4.31 Å². The number of ether oxygens (including phenoxy) is 2. The van der Waals surface area contributed by atoms with Gasteiger partial charge in [0, 0.05) is 6.54 Å². The van der Waals surface area contributed by atoms with Gasteiger partial charge in [-0.25, -0.2) is 8.42 Å². The smallest absolute Gasteiger partial charge is 0.253 e. The predicted octanol–water partition coefficient (Wildman–Crippen LogP) is 3.81. The molecule has 3 heterocycles. The standard InChI is InChI=1S/C16H16BrNO4S2/c17-15-5-6-16(23-15)24(19,20)18-7-1-2-12(18)11-3-4-13-14(10-11)22-9-8-21-13/h3-6,10,12H,1-2,7-9H2. The van der Waals surface area contributed by atoms with Gasteiger partial charge in [-0.15, -0.1) is 11.3 Å². The monoisotopic (exact) mass is 429 g/mol. The fourth-order valence-corrected chi connectivity index (χ4v) is 7.00. The van der Waals surface area contributed by atoms with Crippen molar-refractivity contribution in [2.45, 2.75) is 23.1 Å². The van der Waals surface area contributed by atoms with Crippen LogP contribution in [0.3, 0.4) is 0 Å². The topological polar surface area (TPSA) is 55.8 Å². The second kappa shape index (κ2) is 6.33. The Labute approximate surface area is 153 Å². The van der Waals surface area contributed by atoms with Crippen molar-refractivity contribution in [2.75, 3.05) is 19.8 Å². The zero-order valence-corrected chi connectivity index (χ0v) is 16.0. The molecule has 0 radical (unpaired) electrons. The van der Waals surface area contributed by atoms with Gasteiger partial charge in [-0.2, -0.15) is 4.31 Å². The first-order valence-electron chi connectivity index (χ1n) is 7.72. The summed E-state index contributed by atoms with van der Waals surface area (Å²) in [6.07, 6.45) is 1.66. The molecule has 1 fully saturated rings. The third kappa shape index (κ3) is 2.85. The lowest BCUT2D eigenvalue weighted by Gasteiger charge is -2.25. The van der Waals surface area contributed by atoms with Gasteiger partial charge in [0.15, 0.2) is 11.5 Å². The molecule has 2 aromatic rings. The Balaban J connectivity index is 1.68. The lowest BCUT2D eigenvalue weighted by Crippen LogP contribution is -2.30. The zero-order chi connectivity index (χ0) is 16.7. The van der Waals surface area contributed by atoms with E-state index in [0.29, 0.717) is 29.7 Å². The fraction of sp³-hybridized carbons (Fsp3) is 0.375. The normalized spacial score (nSPS) is 21.1. The van der Waals surface area contributed by atoms with E-state index >= 15 is 0 Å². The van der Waals surface area contributed by atoms with Gasteiger partial charge in [-0.3, -0.25) is 0 Å². The zero-order valence-electron chi connectivity index (χ0n) is 12.8. The van der Waals surface area contributed by atoms with Crippen molar-refractivity contribution in [2.24, 2.45) is 0 Å². The van der Waals surface area contributed by atoms with E-state index in [1.807, 2.05) is 18.2 Å². The minimum Gasteiger partial charge on any atom is -0.486 e. The van der Waals surface area contributed by atoms with Crippen molar-refractivity contribution in [1.29, 1.82) is 0 Å². The molecule has 128 valence electrons. The van der Waals surface area contributed by atoms with E-state index in [2.05, 4.69) is 15.9 Å². The number of halogens is 1. The van der Waals surface area contributed by atoms with E-state index in [0.717, 1.165) is 27.9 Å². The Morgan fingerprint density at radius 3 is 2.67 bits per heavy atom. The molecule has 0 bridgehead atoms. The summed E-state index contributed by atoms with van der Waals surface area (Å²) in [4.78, 5) is 0. The average molecular weight is 430 g/mol. The van der Waals surface area contributed by atoms with Crippen molar-refractivity contribution in [3.05, 3.63) is 39.7 Å². The molecule has 2 aliphatic heterocycles. The highest BCUT2D eigenvalue weighted by atomic mass is 79.9. The minimum atomic E-state index is -3.49. The molecule has 8 heteroatoms. The third-order valence-corrected chi connectivity index (χ3v) is 8.27. The number of benzene rings is 1. The van der Waals surface area contributed by atoms with Crippen molar-refractivity contribution in [3.63, 3.8) is 0 Å². The quantitative estimate of drug-likeness (QED) is 0.743. The number of sulfonamides is 1. The van der Waals surface area contributed by atoms with E-state index < -0.39 is 10.0 Å². The molecule has 0 saturated carbocycles. The van der Waals surface area contributed by atoms with E-state index in [-0.39, 0.29) is 6.04 Å². The summed E-state index contributed by atoms with van der Waals surface area (Å²) in [5.41, 5.74) is 0.955. The molecule has 1 unspecified atom stereocenters. The second-order valence-corrected chi connectivity index (χ2v) is 10.3. The molecule has 1 atom stereocenters. The molecule has 4 rings (SSSR count). The molecule has 1 saturated heterocycles. The summed E-state index contributed by atoms with van der Waals surface area (Å²) in [5, 5.41) is 0. The lowest BCUT2D eigenvalue weighted by atomic mass is 10.0. The van der Waals surface area contributed by atoms with Gasteiger partial charge >= 0.3 is 0 Å². The summed E-state index contributed by atoms with van der Waals surface area (Å²) < 4.78 is 39.9. The first kappa shape index (κ1) is 16.4. The van der Waals surface area contributed by atoms with Gasteiger partial charge in [0.2, 0.25) is 0 Å².